The highest BCUT2D eigenvalue weighted by Crippen LogP contribution is 2.19. The summed E-state index contributed by atoms with van der Waals surface area (Å²) in [6.45, 7) is 7.60. The van der Waals surface area contributed by atoms with Crippen LogP contribution in [0.5, 0.6) is 0 Å². The van der Waals surface area contributed by atoms with Crippen LogP contribution >= 0.6 is 15.9 Å². The Labute approximate surface area is 117 Å². The highest BCUT2D eigenvalue weighted by Gasteiger charge is 2.12. The van der Waals surface area contributed by atoms with Crippen LogP contribution in [0, 0.1) is 5.82 Å². The first-order chi connectivity index (χ1) is 8.52. The highest BCUT2D eigenvalue weighted by atomic mass is 79.9. The summed E-state index contributed by atoms with van der Waals surface area (Å²) in [4.78, 5) is 0. The van der Waals surface area contributed by atoms with Gasteiger partial charge in [-0.1, -0.05) is 22.9 Å². The summed E-state index contributed by atoms with van der Waals surface area (Å²) < 4.78 is 19.8. The van der Waals surface area contributed by atoms with Crippen LogP contribution in [0.15, 0.2) is 22.7 Å². The van der Waals surface area contributed by atoms with Gasteiger partial charge in [0.05, 0.1) is 12.7 Å². The molecule has 0 heterocycles. The van der Waals surface area contributed by atoms with Gasteiger partial charge in [-0.25, -0.2) is 4.39 Å². The molecule has 0 aromatic heterocycles. The maximum Gasteiger partial charge on any atom is 0.123 e. The summed E-state index contributed by atoms with van der Waals surface area (Å²) in [5.74, 6) is -0.201. The molecule has 0 fully saturated rings. The smallest absolute Gasteiger partial charge is 0.123 e. The predicted molar refractivity (Wildman–Crippen MR) is 76.4 cm³/mol. The quantitative estimate of drug-likeness (QED) is 0.830. The van der Waals surface area contributed by atoms with Crippen molar-refractivity contribution in [2.24, 2.45) is 0 Å². The van der Waals surface area contributed by atoms with Crippen LogP contribution in [-0.4, -0.2) is 25.3 Å². The molecule has 0 aliphatic heterocycles. The van der Waals surface area contributed by atoms with E-state index in [2.05, 4.69) is 28.2 Å². The van der Waals surface area contributed by atoms with Crippen LogP contribution in [0.3, 0.4) is 0 Å². The number of hydrogen-bond acceptors (Lipinski definition) is 2. The van der Waals surface area contributed by atoms with Crippen molar-refractivity contribution in [3.8, 4) is 0 Å². The number of nitrogens with one attached hydrogen (secondary N) is 1. The Morgan fingerprint density at radius 3 is 2.72 bits per heavy atom. The van der Waals surface area contributed by atoms with Gasteiger partial charge in [-0.05, 0) is 50.6 Å². The normalized spacial score (nSPS) is 13.0. The van der Waals surface area contributed by atoms with E-state index in [1.807, 2.05) is 13.8 Å². The van der Waals surface area contributed by atoms with Gasteiger partial charge in [0.15, 0.2) is 0 Å². The molecule has 0 bridgehead atoms. The van der Waals surface area contributed by atoms with E-state index < -0.39 is 0 Å². The second-order valence-electron chi connectivity index (χ2n) is 4.58. The van der Waals surface area contributed by atoms with Gasteiger partial charge in [-0.15, -0.1) is 0 Å². The minimum Gasteiger partial charge on any atom is -0.377 e. The lowest BCUT2D eigenvalue weighted by Crippen LogP contribution is -2.36. The van der Waals surface area contributed by atoms with Gasteiger partial charge >= 0.3 is 0 Å². The van der Waals surface area contributed by atoms with E-state index in [0.717, 1.165) is 23.0 Å². The molecule has 0 saturated heterocycles. The summed E-state index contributed by atoms with van der Waals surface area (Å²) >= 11 is 3.45. The summed E-state index contributed by atoms with van der Waals surface area (Å²) in [5.41, 5.74) is 0.966. The maximum atomic E-state index is 13.2. The largest absolute Gasteiger partial charge is 0.377 e. The van der Waals surface area contributed by atoms with Gasteiger partial charge in [0, 0.05) is 10.5 Å². The molecular weight excluding hydrogens is 297 g/mol. The SMILES string of the molecule is CCNC(COC(C)C)Cc1cc(F)ccc1Br. The molecule has 102 valence electrons. The lowest BCUT2D eigenvalue weighted by Gasteiger charge is -2.20. The third kappa shape index (κ3) is 5.46. The van der Waals surface area contributed by atoms with Crippen molar-refractivity contribution >= 4 is 15.9 Å². The zero-order chi connectivity index (χ0) is 13.5. The molecule has 2 nitrogen and oxygen atoms in total. The van der Waals surface area contributed by atoms with Crippen LogP contribution in [-0.2, 0) is 11.2 Å². The van der Waals surface area contributed by atoms with E-state index in [4.69, 9.17) is 4.74 Å². The van der Waals surface area contributed by atoms with Gasteiger partial charge in [0.2, 0.25) is 0 Å². The number of halogens is 2. The van der Waals surface area contributed by atoms with Crippen molar-refractivity contribution in [2.75, 3.05) is 13.2 Å². The third-order valence-corrected chi connectivity index (χ3v) is 3.37. The summed E-state index contributed by atoms with van der Waals surface area (Å²) in [6, 6.07) is 4.98. The standard InChI is InChI=1S/C14H21BrFNO/c1-4-17-13(9-18-10(2)3)8-11-7-12(16)5-6-14(11)15/h5-7,10,13,17H,4,8-9H2,1-3H3. The van der Waals surface area contributed by atoms with Crippen molar-refractivity contribution in [3.63, 3.8) is 0 Å². The van der Waals surface area contributed by atoms with E-state index in [1.54, 1.807) is 12.1 Å². The monoisotopic (exact) mass is 317 g/mol. The Morgan fingerprint density at radius 2 is 2.11 bits per heavy atom. The second-order valence-corrected chi connectivity index (χ2v) is 5.43. The van der Waals surface area contributed by atoms with Crippen LogP contribution in [0.25, 0.3) is 0 Å². The first-order valence-electron chi connectivity index (χ1n) is 6.31. The minimum absolute atomic E-state index is 0.201. The average molecular weight is 318 g/mol. The molecule has 0 saturated carbocycles. The zero-order valence-corrected chi connectivity index (χ0v) is 12.8. The Balaban J connectivity index is 2.66. The van der Waals surface area contributed by atoms with Crippen molar-refractivity contribution in [1.29, 1.82) is 0 Å². The molecule has 4 heteroatoms. The first kappa shape index (κ1) is 15.6. The van der Waals surface area contributed by atoms with E-state index >= 15 is 0 Å². The molecule has 1 aromatic carbocycles. The molecule has 0 spiro atoms. The second kappa shape index (κ2) is 7.87. The molecule has 0 amide bonds. The van der Waals surface area contributed by atoms with Crippen molar-refractivity contribution in [3.05, 3.63) is 34.1 Å². The molecule has 1 N–H and O–H groups in total. The van der Waals surface area contributed by atoms with Crippen molar-refractivity contribution < 1.29 is 9.13 Å². The number of likely N-dealkylation sites (N-methyl/N-ethyl adjacent to an activating group) is 1. The average Bonchev–Trinajstić information content (AvgIpc) is 2.31. The maximum absolute atomic E-state index is 13.2. The Morgan fingerprint density at radius 1 is 1.39 bits per heavy atom. The summed E-state index contributed by atoms with van der Waals surface area (Å²) in [6.07, 6.45) is 0.959. The van der Waals surface area contributed by atoms with Crippen LogP contribution in [0.4, 0.5) is 4.39 Å². The highest BCUT2D eigenvalue weighted by molar-refractivity contribution is 9.10. The van der Waals surface area contributed by atoms with Gasteiger partial charge in [0.1, 0.15) is 5.82 Å². The Hall–Kier alpha value is -0.450. The third-order valence-electron chi connectivity index (χ3n) is 2.60. The lowest BCUT2D eigenvalue weighted by atomic mass is 10.1. The number of benzene rings is 1. The number of ether oxygens (including phenoxy) is 1. The molecule has 1 atom stereocenters. The topological polar surface area (TPSA) is 21.3 Å². The molecule has 1 rings (SSSR count). The molecule has 1 aromatic rings. The molecular formula is C14H21BrFNO. The van der Waals surface area contributed by atoms with Gasteiger partial charge in [0.25, 0.3) is 0 Å². The fourth-order valence-corrected chi connectivity index (χ4v) is 2.16. The molecule has 1 unspecified atom stereocenters. The minimum atomic E-state index is -0.201. The van der Waals surface area contributed by atoms with Gasteiger partial charge in [-0.3, -0.25) is 0 Å². The lowest BCUT2D eigenvalue weighted by molar-refractivity contribution is 0.0615. The number of rotatable bonds is 7. The van der Waals surface area contributed by atoms with E-state index in [-0.39, 0.29) is 18.0 Å². The van der Waals surface area contributed by atoms with Crippen LogP contribution in [0.1, 0.15) is 26.3 Å². The van der Waals surface area contributed by atoms with Crippen LogP contribution < -0.4 is 5.32 Å². The van der Waals surface area contributed by atoms with Crippen LogP contribution in [0.2, 0.25) is 0 Å². The van der Waals surface area contributed by atoms with Crippen molar-refractivity contribution in [2.45, 2.75) is 39.3 Å². The summed E-state index contributed by atoms with van der Waals surface area (Å²) in [5, 5.41) is 3.36. The first-order valence-corrected chi connectivity index (χ1v) is 7.11. The predicted octanol–water partition coefficient (Wildman–Crippen LogP) is 3.53. The van der Waals surface area contributed by atoms with Crippen molar-refractivity contribution in [1.82, 2.24) is 5.32 Å². The molecule has 0 aliphatic carbocycles. The molecule has 0 radical (unpaired) electrons. The zero-order valence-electron chi connectivity index (χ0n) is 11.2. The van der Waals surface area contributed by atoms with E-state index in [0.29, 0.717) is 6.61 Å². The summed E-state index contributed by atoms with van der Waals surface area (Å²) in [7, 11) is 0. The number of hydrogen-bond donors (Lipinski definition) is 1. The van der Waals surface area contributed by atoms with Gasteiger partial charge in [-0.2, -0.15) is 0 Å². The Kier molecular flexibility index (Phi) is 6.82. The van der Waals surface area contributed by atoms with E-state index in [9.17, 15) is 4.39 Å². The Bertz CT molecular complexity index is 371. The molecule has 18 heavy (non-hydrogen) atoms. The van der Waals surface area contributed by atoms with E-state index in [1.165, 1.54) is 6.07 Å². The fraction of sp³-hybridized carbons (Fsp3) is 0.571. The fourth-order valence-electron chi connectivity index (χ4n) is 1.75. The molecule has 0 aliphatic rings. The van der Waals surface area contributed by atoms with Gasteiger partial charge < -0.3 is 10.1 Å².